The molecule has 3 aromatic carbocycles. The Hall–Kier alpha value is -4.51. The number of nitrogens with zero attached hydrogens (tertiary/aromatic N) is 1. The molecule has 1 aliphatic rings. The summed E-state index contributed by atoms with van der Waals surface area (Å²) in [6.45, 7) is 5.05. The molecule has 0 spiro atoms. The maximum absolute atomic E-state index is 14.0. The third kappa shape index (κ3) is 5.73. The molecule has 0 amide bonds. The Kier molecular flexibility index (Phi) is 8.49. The Balaban J connectivity index is 1.66. The van der Waals surface area contributed by atoms with Crippen molar-refractivity contribution < 1.29 is 28.1 Å². The second-order valence-electron chi connectivity index (χ2n) is 8.69. The van der Waals surface area contributed by atoms with Gasteiger partial charge >= 0.3 is 5.97 Å². The third-order valence-corrected chi connectivity index (χ3v) is 6.10. The molecule has 1 unspecified atom stereocenters. The Labute approximate surface area is 221 Å². The summed E-state index contributed by atoms with van der Waals surface area (Å²) in [4.78, 5) is 12.5. The van der Waals surface area contributed by atoms with Crippen LogP contribution in [0.3, 0.4) is 0 Å². The predicted octanol–water partition coefficient (Wildman–Crippen LogP) is 6.23. The van der Waals surface area contributed by atoms with E-state index in [1.54, 1.807) is 18.2 Å². The summed E-state index contributed by atoms with van der Waals surface area (Å²) in [5.74, 6) is -0.453. The SMILES string of the molecule is CCCCCOc1ccc(C2C(C#N)=C(N)Oc3cc(OC(=O)c4ccccc4F)ccc32)cc1OCC. The van der Waals surface area contributed by atoms with Gasteiger partial charge in [0.1, 0.15) is 29.0 Å². The van der Waals surface area contributed by atoms with Gasteiger partial charge in [0.2, 0.25) is 5.88 Å². The van der Waals surface area contributed by atoms with Crippen LogP contribution in [0.15, 0.2) is 72.1 Å². The van der Waals surface area contributed by atoms with Crippen molar-refractivity contribution in [2.24, 2.45) is 5.73 Å². The summed E-state index contributed by atoms with van der Waals surface area (Å²) in [6, 6.07) is 18.0. The average Bonchev–Trinajstić information content (AvgIpc) is 2.91. The molecule has 1 aliphatic heterocycles. The Bertz CT molecular complexity index is 1400. The molecule has 3 aromatic rings. The number of nitrogens with two attached hydrogens (primary N) is 1. The molecule has 0 saturated carbocycles. The number of allylic oxidation sites excluding steroid dienone is 1. The van der Waals surface area contributed by atoms with Crippen molar-refractivity contribution in [3.05, 3.63) is 94.6 Å². The topological polar surface area (TPSA) is 104 Å². The molecule has 1 atom stereocenters. The molecular weight excluding hydrogens is 487 g/mol. The summed E-state index contributed by atoms with van der Waals surface area (Å²) in [6.07, 6.45) is 3.12. The lowest BCUT2D eigenvalue weighted by atomic mass is 9.83. The van der Waals surface area contributed by atoms with Crippen LogP contribution in [0.25, 0.3) is 0 Å². The molecule has 2 N–H and O–H groups in total. The fourth-order valence-corrected chi connectivity index (χ4v) is 4.26. The van der Waals surface area contributed by atoms with Gasteiger partial charge in [-0.2, -0.15) is 5.26 Å². The van der Waals surface area contributed by atoms with E-state index >= 15 is 0 Å². The normalized spacial score (nSPS) is 14.2. The molecule has 0 aliphatic carbocycles. The number of ether oxygens (including phenoxy) is 4. The van der Waals surface area contributed by atoms with E-state index in [0.29, 0.717) is 36.0 Å². The van der Waals surface area contributed by atoms with Crippen molar-refractivity contribution in [3.8, 4) is 29.1 Å². The monoisotopic (exact) mass is 516 g/mol. The number of benzene rings is 3. The van der Waals surface area contributed by atoms with E-state index < -0.39 is 17.7 Å². The van der Waals surface area contributed by atoms with Crippen LogP contribution in [0, 0.1) is 17.1 Å². The quantitative estimate of drug-likeness (QED) is 0.193. The van der Waals surface area contributed by atoms with Gasteiger partial charge in [0.05, 0.1) is 24.7 Å². The fraction of sp³-hybridized carbons (Fsp3) is 0.267. The molecule has 0 saturated heterocycles. The number of rotatable bonds is 10. The predicted molar refractivity (Wildman–Crippen MR) is 140 cm³/mol. The molecule has 0 aromatic heterocycles. The van der Waals surface area contributed by atoms with E-state index in [2.05, 4.69) is 13.0 Å². The number of esters is 1. The summed E-state index contributed by atoms with van der Waals surface area (Å²) in [5, 5.41) is 9.91. The van der Waals surface area contributed by atoms with Crippen LogP contribution in [-0.2, 0) is 0 Å². The van der Waals surface area contributed by atoms with Crippen molar-refractivity contribution in [2.75, 3.05) is 13.2 Å². The number of nitriles is 1. The molecular formula is C30H29FN2O5. The number of carbonyl (C=O) groups is 1. The summed E-state index contributed by atoms with van der Waals surface area (Å²) in [7, 11) is 0. The lowest BCUT2D eigenvalue weighted by Crippen LogP contribution is -2.21. The maximum Gasteiger partial charge on any atom is 0.346 e. The van der Waals surface area contributed by atoms with E-state index in [1.807, 2.05) is 25.1 Å². The zero-order chi connectivity index (χ0) is 27.1. The molecule has 7 nitrogen and oxygen atoms in total. The number of unbranched alkanes of at least 4 members (excludes halogenated alkanes) is 2. The first kappa shape index (κ1) is 26.6. The van der Waals surface area contributed by atoms with Gasteiger partial charge in [-0.1, -0.05) is 44.0 Å². The van der Waals surface area contributed by atoms with Gasteiger partial charge in [-0.3, -0.25) is 0 Å². The lowest BCUT2D eigenvalue weighted by Gasteiger charge is -2.27. The molecule has 1 heterocycles. The zero-order valence-electron chi connectivity index (χ0n) is 21.3. The minimum atomic E-state index is -0.840. The van der Waals surface area contributed by atoms with Crippen molar-refractivity contribution in [1.29, 1.82) is 5.26 Å². The third-order valence-electron chi connectivity index (χ3n) is 6.10. The first-order valence-corrected chi connectivity index (χ1v) is 12.5. The standard InChI is InChI=1S/C30H29FN2O5/c1-3-5-8-15-36-25-14-11-19(16-27(25)35-4-2)28-22-13-12-20(17-26(22)38-29(33)23(28)18-32)37-30(34)21-9-6-7-10-24(21)31/h6-7,9-14,16-17,28H,3-5,8,15,33H2,1-2H3. The second kappa shape index (κ2) is 12.2. The van der Waals surface area contributed by atoms with Crippen LogP contribution in [0.2, 0.25) is 0 Å². The van der Waals surface area contributed by atoms with Crippen molar-refractivity contribution >= 4 is 5.97 Å². The Morgan fingerprint density at radius 1 is 1.05 bits per heavy atom. The molecule has 4 rings (SSSR count). The smallest absolute Gasteiger partial charge is 0.346 e. The van der Waals surface area contributed by atoms with Crippen LogP contribution >= 0.6 is 0 Å². The highest BCUT2D eigenvalue weighted by molar-refractivity contribution is 5.91. The van der Waals surface area contributed by atoms with Crippen molar-refractivity contribution in [2.45, 2.75) is 39.0 Å². The number of hydrogen-bond acceptors (Lipinski definition) is 7. The highest BCUT2D eigenvalue weighted by Gasteiger charge is 2.32. The minimum Gasteiger partial charge on any atom is -0.490 e. The molecule has 38 heavy (non-hydrogen) atoms. The van der Waals surface area contributed by atoms with Crippen LogP contribution in [0.4, 0.5) is 4.39 Å². The maximum atomic E-state index is 14.0. The van der Waals surface area contributed by atoms with Gasteiger partial charge in [0, 0.05) is 11.6 Å². The summed E-state index contributed by atoms with van der Waals surface area (Å²) >= 11 is 0. The summed E-state index contributed by atoms with van der Waals surface area (Å²) < 4.78 is 36.9. The van der Waals surface area contributed by atoms with E-state index in [-0.39, 0.29) is 22.8 Å². The zero-order valence-corrected chi connectivity index (χ0v) is 21.3. The Morgan fingerprint density at radius 3 is 2.61 bits per heavy atom. The van der Waals surface area contributed by atoms with Crippen molar-refractivity contribution in [1.82, 2.24) is 0 Å². The first-order chi connectivity index (χ1) is 18.5. The van der Waals surface area contributed by atoms with E-state index in [4.69, 9.17) is 24.7 Å². The largest absolute Gasteiger partial charge is 0.490 e. The van der Waals surface area contributed by atoms with Gasteiger partial charge in [-0.05, 0) is 49.2 Å². The van der Waals surface area contributed by atoms with Crippen LogP contribution < -0.4 is 24.7 Å². The van der Waals surface area contributed by atoms with E-state index in [0.717, 1.165) is 24.8 Å². The molecule has 0 fully saturated rings. The highest BCUT2D eigenvalue weighted by atomic mass is 19.1. The average molecular weight is 517 g/mol. The van der Waals surface area contributed by atoms with Gasteiger partial charge in [-0.25, -0.2) is 9.18 Å². The second-order valence-corrected chi connectivity index (χ2v) is 8.69. The Morgan fingerprint density at radius 2 is 1.87 bits per heavy atom. The van der Waals surface area contributed by atoms with Crippen LogP contribution in [-0.4, -0.2) is 19.2 Å². The number of fused-ring (bicyclic) bond motifs is 1. The highest BCUT2D eigenvalue weighted by Crippen LogP contribution is 2.45. The van der Waals surface area contributed by atoms with E-state index in [9.17, 15) is 14.4 Å². The summed E-state index contributed by atoms with van der Waals surface area (Å²) in [5.41, 5.74) is 7.61. The fourth-order valence-electron chi connectivity index (χ4n) is 4.26. The molecule has 196 valence electrons. The van der Waals surface area contributed by atoms with Gasteiger partial charge in [-0.15, -0.1) is 0 Å². The van der Waals surface area contributed by atoms with E-state index in [1.165, 1.54) is 24.3 Å². The lowest BCUT2D eigenvalue weighted by molar-refractivity contribution is 0.0729. The van der Waals surface area contributed by atoms with Crippen LogP contribution in [0.1, 0.15) is 60.5 Å². The van der Waals surface area contributed by atoms with Crippen molar-refractivity contribution in [3.63, 3.8) is 0 Å². The number of halogens is 1. The number of carbonyl (C=O) groups excluding carboxylic acids is 1. The first-order valence-electron chi connectivity index (χ1n) is 12.5. The molecule has 0 radical (unpaired) electrons. The van der Waals surface area contributed by atoms with Gasteiger partial charge in [0.25, 0.3) is 0 Å². The van der Waals surface area contributed by atoms with Gasteiger partial charge < -0.3 is 24.7 Å². The molecule has 0 bridgehead atoms. The number of hydrogen-bond donors (Lipinski definition) is 1. The van der Waals surface area contributed by atoms with Crippen LogP contribution in [0.5, 0.6) is 23.0 Å². The molecule has 8 heteroatoms. The minimum absolute atomic E-state index is 0.0552. The van der Waals surface area contributed by atoms with Gasteiger partial charge in [0.15, 0.2) is 11.5 Å².